The number of rotatable bonds is 7. The number of aromatic nitrogens is 3. The van der Waals surface area contributed by atoms with Crippen LogP contribution in [0.15, 0.2) is 72.9 Å². The number of hydrogen-bond acceptors (Lipinski definition) is 5. The smallest absolute Gasteiger partial charge is 0.252 e. The quantitative estimate of drug-likeness (QED) is 0.474. The van der Waals surface area contributed by atoms with Gasteiger partial charge in [-0.05, 0) is 24.3 Å². The van der Waals surface area contributed by atoms with Gasteiger partial charge in [0.05, 0.1) is 23.8 Å². The normalized spacial score (nSPS) is 10.7. The molecule has 0 radical (unpaired) electrons. The highest BCUT2D eigenvalue weighted by molar-refractivity contribution is 6.07. The van der Waals surface area contributed by atoms with Gasteiger partial charge < -0.3 is 15.4 Å². The van der Waals surface area contributed by atoms with E-state index in [1.807, 2.05) is 67.7 Å². The van der Waals surface area contributed by atoms with Crippen LogP contribution in [-0.2, 0) is 7.05 Å². The zero-order chi connectivity index (χ0) is 20.1. The fraction of sp³-hybridized carbons (Fsp3) is 0.136. The Balaban J connectivity index is 1.50. The van der Waals surface area contributed by atoms with Crippen LogP contribution < -0.4 is 15.4 Å². The predicted octanol–water partition coefficient (Wildman–Crippen LogP) is 3.52. The van der Waals surface area contributed by atoms with Crippen molar-refractivity contribution in [3.8, 4) is 5.75 Å². The van der Waals surface area contributed by atoms with Gasteiger partial charge >= 0.3 is 0 Å². The van der Waals surface area contributed by atoms with E-state index in [4.69, 9.17) is 4.74 Å². The number of nitrogens with zero attached hydrogens (tertiary/aromatic N) is 3. The summed E-state index contributed by atoms with van der Waals surface area (Å²) in [5.41, 5.74) is 1.30. The van der Waals surface area contributed by atoms with Gasteiger partial charge in [0.1, 0.15) is 24.0 Å². The molecule has 0 aliphatic heterocycles. The fourth-order valence-corrected chi connectivity index (χ4v) is 3.00. The molecule has 7 nitrogen and oxygen atoms in total. The summed E-state index contributed by atoms with van der Waals surface area (Å²) in [6, 6.07) is 20.7. The Labute approximate surface area is 168 Å². The van der Waals surface area contributed by atoms with Crippen molar-refractivity contribution in [1.82, 2.24) is 20.1 Å². The molecule has 0 aliphatic carbocycles. The average molecular weight is 387 g/mol. The van der Waals surface area contributed by atoms with Crippen molar-refractivity contribution < 1.29 is 9.53 Å². The number of carbonyl (C=O) groups excluding carboxylic acids is 1. The van der Waals surface area contributed by atoms with Crippen molar-refractivity contribution in [2.75, 3.05) is 18.5 Å². The summed E-state index contributed by atoms with van der Waals surface area (Å²) < 4.78 is 7.34. The van der Waals surface area contributed by atoms with Gasteiger partial charge in [0, 0.05) is 18.5 Å². The lowest BCUT2D eigenvalue weighted by Crippen LogP contribution is -2.28. The van der Waals surface area contributed by atoms with Crippen molar-refractivity contribution in [3.63, 3.8) is 0 Å². The number of para-hydroxylation sites is 2. The molecule has 0 saturated carbocycles. The van der Waals surface area contributed by atoms with Crippen LogP contribution in [0.5, 0.6) is 5.75 Å². The maximum Gasteiger partial charge on any atom is 0.252 e. The van der Waals surface area contributed by atoms with Gasteiger partial charge in [-0.1, -0.05) is 36.4 Å². The lowest BCUT2D eigenvalue weighted by atomic mass is 10.1. The Morgan fingerprint density at radius 3 is 2.66 bits per heavy atom. The molecule has 1 amide bonds. The molecule has 0 unspecified atom stereocenters. The van der Waals surface area contributed by atoms with Crippen molar-refractivity contribution in [2.24, 2.45) is 7.05 Å². The van der Waals surface area contributed by atoms with Crippen LogP contribution in [-0.4, -0.2) is 33.8 Å². The maximum absolute atomic E-state index is 12.9. The minimum atomic E-state index is -0.173. The second-order valence-corrected chi connectivity index (χ2v) is 6.45. The molecular weight excluding hydrogens is 366 g/mol. The van der Waals surface area contributed by atoms with Crippen molar-refractivity contribution in [2.45, 2.75) is 0 Å². The molecule has 2 aromatic carbocycles. The Kier molecular flexibility index (Phi) is 5.38. The Morgan fingerprint density at radius 1 is 1.07 bits per heavy atom. The number of nitrogens with one attached hydrogen (secondary N) is 2. The van der Waals surface area contributed by atoms with Gasteiger partial charge in [0.15, 0.2) is 0 Å². The molecule has 7 heteroatoms. The zero-order valence-electron chi connectivity index (χ0n) is 16.0. The van der Waals surface area contributed by atoms with Crippen molar-refractivity contribution in [1.29, 1.82) is 0 Å². The van der Waals surface area contributed by atoms with E-state index in [9.17, 15) is 4.79 Å². The fourth-order valence-electron chi connectivity index (χ4n) is 3.00. The van der Waals surface area contributed by atoms with Gasteiger partial charge in [0.2, 0.25) is 0 Å². The molecule has 2 aromatic heterocycles. The van der Waals surface area contributed by atoms with E-state index in [0.717, 1.165) is 22.5 Å². The molecule has 0 fully saturated rings. The lowest BCUT2D eigenvalue weighted by Gasteiger charge is -2.12. The van der Waals surface area contributed by atoms with E-state index in [-0.39, 0.29) is 5.91 Å². The molecule has 0 bridgehead atoms. The summed E-state index contributed by atoms with van der Waals surface area (Å²) in [5, 5.41) is 11.1. The predicted molar refractivity (Wildman–Crippen MR) is 113 cm³/mol. The molecule has 2 heterocycles. The summed E-state index contributed by atoms with van der Waals surface area (Å²) in [4.78, 5) is 17.5. The molecule has 29 heavy (non-hydrogen) atoms. The molecule has 0 aliphatic rings. The third-order valence-corrected chi connectivity index (χ3v) is 4.44. The van der Waals surface area contributed by atoms with Crippen LogP contribution in [0.4, 0.5) is 11.6 Å². The topological polar surface area (TPSA) is 81.1 Å². The Morgan fingerprint density at radius 2 is 1.86 bits per heavy atom. The van der Waals surface area contributed by atoms with Crippen LogP contribution in [0.1, 0.15) is 10.4 Å². The van der Waals surface area contributed by atoms with Gasteiger partial charge in [-0.2, -0.15) is 5.10 Å². The van der Waals surface area contributed by atoms with E-state index >= 15 is 0 Å². The SMILES string of the molecule is Cn1nccc1Nc1cc(C(=O)NCCOc2ccccc2)c2ccccc2n1. The lowest BCUT2D eigenvalue weighted by molar-refractivity contribution is 0.0948. The second kappa shape index (κ2) is 8.43. The first-order valence-corrected chi connectivity index (χ1v) is 9.31. The van der Waals surface area contributed by atoms with Crippen LogP contribution in [0.3, 0.4) is 0 Å². The minimum Gasteiger partial charge on any atom is -0.492 e. The van der Waals surface area contributed by atoms with Gasteiger partial charge in [-0.15, -0.1) is 0 Å². The number of pyridine rings is 1. The number of hydrogen-bond donors (Lipinski definition) is 2. The molecule has 2 N–H and O–H groups in total. The summed E-state index contributed by atoms with van der Waals surface area (Å²) in [6.45, 7) is 0.785. The van der Waals surface area contributed by atoms with E-state index < -0.39 is 0 Å². The van der Waals surface area contributed by atoms with Gasteiger partial charge in [-0.3, -0.25) is 9.48 Å². The first-order valence-electron chi connectivity index (χ1n) is 9.31. The summed E-state index contributed by atoms with van der Waals surface area (Å²) in [6.07, 6.45) is 1.70. The number of fused-ring (bicyclic) bond motifs is 1. The molecule has 0 spiro atoms. The number of ether oxygens (including phenoxy) is 1. The van der Waals surface area contributed by atoms with Crippen LogP contribution >= 0.6 is 0 Å². The highest BCUT2D eigenvalue weighted by Crippen LogP contribution is 2.23. The van der Waals surface area contributed by atoms with Gasteiger partial charge in [0.25, 0.3) is 5.91 Å². The highest BCUT2D eigenvalue weighted by Gasteiger charge is 2.13. The van der Waals surface area contributed by atoms with E-state index in [2.05, 4.69) is 20.7 Å². The summed E-state index contributed by atoms with van der Waals surface area (Å²) in [7, 11) is 1.84. The average Bonchev–Trinajstić information content (AvgIpc) is 3.15. The second-order valence-electron chi connectivity index (χ2n) is 6.45. The first kappa shape index (κ1) is 18.5. The van der Waals surface area contributed by atoms with Crippen LogP contribution in [0.2, 0.25) is 0 Å². The molecule has 4 aromatic rings. The first-order chi connectivity index (χ1) is 14.2. The van der Waals surface area contributed by atoms with E-state index in [0.29, 0.717) is 24.5 Å². The number of benzene rings is 2. The number of aryl methyl sites for hydroxylation is 1. The van der Waals surface area contributed by atoms with E-state index in [1.54, 1.807) is 16.9 Å². The molecule has 0 saturated heterocycles. The third kappa shape index (κ3) is 4.35. The Bertz CT molecular complexity index is 1120. The van der Waals surface area contributed by atoms with Crippen LogP contribution in [0.25, 0.3) is 10.9 Å². The minimum absolute atomic E-state index is 0.173. The standard InChI is InChI=1S/C22H21N5O2/c1-27-21(11-12-24-27)26-20-15-18(17-9-5-6-10-19(17)25-20)22(28)23-13-14-29-16-7-3-2-4-8-16/h2-12,15H,13-14H2,1H3,(H,23,28)(H,25,26). The zero-order valence-corrected chi connectivity index (χ0v) is 16.0. The molecule has 146 valence electrons. The maximum atomic E-state index is 12.9. The van der Waals surface area contributed by atoms with Crippen molar-refractivity contribution >= 4 is 28.4 Å². The Hall–Kier alpha value is -3.87. The number of carbonyl (C=O) groups is 1. The molecule has 4 rings (SSSR count). The monoisotopic (exact) mass is 387 g/mol. The van der Waals surface area contributed by atoms with Crippen molar-refractivity contribution in [3.05, 3.63) is 78.5 Å². The highest BCUT2D eigenvalue weighted by atomic mass is 16.5. The number of amides is 1. The summed E-state index contributed by atoms with van der Waals surface area (Å²) in [5.74, 6) is 1.97. The summed E-state index contributed by atoms with van der Waals surface area (Å²) >= 11 is 0. The van der Waals surface area contributed by atoms with Gasteiger partial charge in [-0.25, -0.2) is 4.98 Å². The number of anilines is 2. The molecule has 0 atom stereocenters. The van der Waals surface area contributed by atoms with Crippen LogP contribution in [0, 0.1) is 0 Å². The third-order valence-electron chi connectivity index (χ3n) is 4.44. The largest absolute Gasteiger partial charge is 0.492 e. The molecular formula is C22H21N5O2. The van der Waals surface area contributed by atoms with E-state index in [1.165, 1.54) is 0 Å².